The molecular weight excluding hydrogens is 379 g/mol. The van der Waals surface area contributed by atoms with Gasteiger partial charge < -0.3 is 15.4 Å². The maximum Gasteiger partial charge on any atom is 0.333 e. The average Bonchev–Trinajstić information content (AvgIpc) is 2.67. The van der Waals surface area contributed by atoms with Crippen LogP contribution in [0.25, 0.3) is 5.69 Å². The molecule has 0 radical (unpaired) electrons. The molecule has 0 aliphatic rings. The Morgan fingerprint density at radius 2 is 1.97 bits per heavy atom. The minimum atomic E-state index is -1.43. The van der Waals surface area contributed by atoms with E-state index < -0.39 is 28.6 Å². The lowest BCUT2D eigenvalue weighted by atomic mass is 9.96. The Hall–Kier alpha value is -3.59. The summed E-state index contributed by atoms with van der Waals surface area (Å²) in [5, 5.41) is 13.2. The van der Waals surface area contributed by atoms with E-state index in [-0.39, 0.29) is 17.8 Å². The maximum absolute atomic E-state index is 13.1. The zero-order valence-electron chi connectivity index (χ0n) is 15.8. The minimum absolute atomic E-state index is 0.137. The number of hydrogen-bond acceptors (Lipinski definition) is 5. The number of aliphatic hydroxyl groups is 1. The number of pyridine rings is 1. The summed E-state index contributed by atoms with van der Waals surface area (Å²) in [5.41, 5.74) is -1.56. The van der Waals surface area contributed by atoms with Gasteiger partial charge in [-0.3, -0.25) is 14.6 Å². The van der Waals surface area contributed by atoms with E-state index in [9.17, 15) is 23.9 Å². The van der Waals surface area contributed by atoms with E-state index in [1.54, 1.807) is 6.92 Å². The van der Waals surface area contributed by atoms with Gasteiger partial charge in [0.2, 0.25) is 0 Å². The third-order valence-corrected chi connectivity index (χ3v) is 4.49. The summed E-state index contributed by atoms with van der Waals surface area (Å²) in [6, 6.07) is 7.87. The Kier molecular flexibility index (Phi) is 5.42. The molecule has 0 bridgehead atoms. The highest BCUT2D eigenvalue weighted by molar-refractivity contribution is 5.95. The van der Waals surface area contributed by atoms with E-state index in [4.69, 9.17) is 0 Å². The largest absolute Gasteiger partial charge is 0.384 e. The number of rotatable bonds is 5. The number of carbonyl (C=O) groups excluding carboxylic acids is 1. The summed E-state index contributed by atoms with van der Waals surface area (Å²) in [6.07, 6.45) is 2.55. The lowest BCUT2D eigenvalue weighted by molar-refractivity contribution is 0.0525. The first-order valence-electron chi connectivity index (χ1n) is 8.73. The molecule has 1 amide bonds. The summed E-state index contributed by atoms with van der Waals surface area (Å²) in [5.74, 6) is -0.974. The Bertz CT molecular complexity index is 1140. The lowest BCUT2D eigenvalue weighted by Gasteiger charge is -2.24. The summed E-state index contributed by atoms with van der Waals surface area (Å²) in [6.45, 7) is 2.95. The highest BCUT2D eigenvalue weighted by atomic mass is 19.1. The second-order valence-electron chi connectivity index (χ2n) is 6.75. The third-order valence-electron chi connectivity index (χ3n) is 4.49. The Morgan fingerprint density at radius 3 is 2.62 bits per heavy atom. The van der Waals surface area contributed by atoms with E-state index in [2.05, 4.69) is 15.3 Å². The van der Waals surface area contributed by atoms with Crippen LogP contribution in [0.1, 0.15) is 28.5 Å². The van der Waals surface area contributed by atoms with Gasteiger partial charge in [0.05, 0.1) is 29.7 Å². The number of nitrogens with one attached hydrogen (secondary N) is 2. The Morgan fingerprint density at radius 1 is 1.28 bits per heavy atom. The number of hydrogen-bond donors (Lipinski definition) is 3. The van der Waals surface area contributed by atoms with Crippen LogP contribution < -0.4 is 16.6 Å². The zero-order valence-corrected chi connectivity index (χ0v) is 15.8. The quantitative estimate of drug-likeness (QED) is 0.593. The van der Waals surface area contributed by atoms with Gasteiger partial charge >= 0.3 is 5.69 Å². The monoisotopic (exact) mass is 398 g/mol. The van der Waals surface area contributed by atoms with Gasteiger partial charge in [-0.1, -0.05) is 12.1 Å². The van der Waals surface area contributed by atoms with Crippen molar-refractivity contribution in [1.82, 2.24) is 19.9 Å². The molecule has 1 unspecified atom stereocenters. The third kappa shape index (κ3) is 4.30. The molecule has 150 valence electrons. The standard InChI is InChI=1S/C20H19FN4O4/c1-12-16(9-15(10-23-12)25-17(26)7-8-22-19(25)28)18(27)24-11-20(2,29)13-3-5-14(21)6-4-13/h3-10,29H,11H2,1-2H3,(H,22,28)(H,24,27). The van der Waals surface area contributed by atoms with E-state index in [1.165, 1.54) is 55.7 Å². The topological polar surface area (TPSA) is 117 Å². The Labute approximate surface area is 164 Å². The molecule has 1 atom stereocenters. The van der Waals surface area contributed by atoms with Crippen LogP contribution in [0.5, 0.6) is 0 Å². The molecule has 0 spiro atoms. The van der Waals surface area contributed by atoms with Crippen LogP contribution in [0.3, 0.4) is 0 Å². The molecule has 3 N–H and O–H groups in total. The van der Waals surface area contributed by atoms with Gasteiger partial charge in [-0.25, -0.2) is 13.8 Å². The van der Waals surface area contributed by atoms with Crippen LogP contribution in [0.4, 0.5) is 4.39 Å². The number of aromatic nitrogens is 3. The number of amides is 1. The van der Waals surface area contributed by atoms with Crippen molar-refractivity contribution in [3.8, 4) is 5.69 Å². The van der Waals surface area contributed by atoms with Crippen LogP contribution in [0.2, 0.25) is 0 Å². The SMILES string of the molecule is Cc1ncc(-n2c(=O)cc[nH]c2=O)cc1C(=O)NCC(C)(O)c1ccc(F)cc1. The zero-order chi connectivity index (χ0) is 21.2. The number of aryl methyl sites for hydroxylation is 1. The molecule has 2 heterocycles. The fourth-order valence-electron chi connectivity index (χ4n) is 2.80. The molecular formula is C20H19FN4O4. The molecule has 0 fully saturated rings. The predicted molar refractivity (Wildman–Crippen MR) is 103 cm³/mol. The van der Waals surface area contributed by atoms with Crippen LogP contribution in [-0.2, 0) is 5.60 Å². The Balaban J connectivity index is 1.85. The molecule has 9 heteroatoms. The minimum Gasteiger partial charge on any atom is -0.384 e. The van der Waals surface area contributed by atoms with Crippen molar-refractivity contribution in [3.05, 3.63) is 92.3 Å². The molecule has 8 nitrogen and oxygen atoms in total. The van der Waals surface area contributed by atoms with Gasteiger partial charge in [0.15, 0.2) is 0 Å². The van der Waals surface area contributed by atoms with Crippen LogP contribution in [0.15, 0.2) is 58.4 Å². The van der Waals surface area contributed by atoms with Crippen molar-refractivity contribution in [2.45, 2.75) is 19.4 Å². The van der Waals surface area contributed by atoms with Crippen LogP contribution in [0, 0.1) is 12.7 Å². The van der Waals surface area contributed by atoms with Gasteiger partial charge in [-0.2, -0.15) is 0 Å². The molecule has 3 aromatic rings. The van der Waals surface area contributed by atoms with Gasteiger partial charge in [-0.05, 0) is 37.6 Å². The van der Waals surface area contributed by atoms with Crippen LogP contribution in [-0.4, -0.2) is 32.1 Å². The molecule has 1 aromatic carbocycles. The fraction of sp³-hybridized carbons (Fsp3) is 0.200. The van der Waals surface area contributed by atoms with Gasteiger partial charge in [0, 0.05) is 12.3 Å². The normalized spacial score (nSPS) is 13.0. The summed E-state index contributed by atoms with van der Waals surface area (Å²) in [7, 11) is 0. The van der Waals surface area contributed by atoms with E-state index in [0.717, 1.165) is 4.57 Å². The lowest BCUT2D eigenvalue weighted by Crippen LogP contribution is -2.39. The van der Waals surface area contributed by atoms with Gasteiger partial charge in [0.25, 0.3) is 11.5 Å². The number of H-pyrrole nitrogens is 1. The molecule has 0 aliphatic carbocycles. The number of benzene rings is 1. The smallest absolute Gasteiger partial charge is 0.333 e. The van der Waals surface area contributed by atoms with Gasteiger partial charge in [0.1, 0.15) is 11.4 Å². The number of nitrogens with zero attached hydrogens (tertiary/aromatic N) is 2. The molecule has 0 saturated carbocycles. The van der Waals surface area contributed by atoms with Crippen molar-refractivity contribution < 1.29 is 14.3 Å². The maximum atomic E-state index is 13.1. The number of carbonyl (C=O) groups is 1. The highest BCUT2D eigenvalue weighted by Crippen LogP contribution is 2.20. The molecule has 3 rings (SSSR count). The average molecular weight is 398 g/mol. The summed E-state index contributed by atoms with van der Waals surface area (Å²) in [4.78, 5) is 43.1. The molecule has 0 aliphatic heterocycles. The van der Waals surface area contributed by atoms with E-state index >= 15 is 0 Å². The van der Waals surface area contributed by atoms with Gasteiger partial charge in [-0.15, -0.1) is 0 Å². The first-order valence-corrected chi connectivity index (χ1v) is 8.73. The van der Waals surface area contributed by atoms with Crippen LogP contribution >= 0.6 is 0 Å². The highest BCUT2D eigenvalue weighted by Gasteiger charge is 2.25. The second kappa shape index (κ2) is 7.80. The first-order chi connectivity index (χ1) is 13.7. The molecule has 29 heavy (non-hydrogen) atoms. The van der Waals surface area contributed by atoms with Crippen molar-refractivity contribution in [1.29, 1.82) is 0 Å². The number of halogens is 1. The van der Waals surface area contributed by atoms with Crippen molar-refractivity contribution in [2.24, 2.45) is 0 Å². The fourth-order valence-corrected chi connectivity index (χ4v) is 2.80. The van der Waals surface area contributed by atoms with Crippen molar-refractivity contribution >= 4 is 5.91 Å². The molecule has 0 saturated heterocycles. The van der Waals surface area contributed by atoms with Crippen molar-refractivity contribution in [2.75, 3.05) is 6.54 Å². The molecule has 2 aromatic heterocycles. The predicted octanol–water partition coefficient (Wildman–Crippen LogP) is 1.01. The number of aromatic amines is 1. The summed E-state index contributed by atoms with van der Waals surface area (Å²) < 4.78 is 13.9. The van der Waals surface area contributed by atoms with E-state index in [0.29, 0.717) is 11.3 Å². The first kappa shape index (κ1) is 20.2. The summed E-state index contributed by atoms with van der Waals surface area (Å²) >= 11 is 0. The second-order valence-corrected chi connectivity index (χ2v) is 6.75. The van der Waals surface area contributed by atoms with E-state index in [1.807, 2.05) is 0 Å². The van der Waals surface area contributed by atoms with Crippen molar-refractivity contribution in [3.63, 3.8) is 0 Å².